The fourth-order valence-corrected chi connectivity index (χ4v) is 2.25. The highest BCUT2D eigenvalue weighted by Crippen LogP contribution is 2.02. The Morgan fingerprint density at radius 3 is 1.15 bits per heavy atom. The first-order chi connectivity index (χ1) is 15.1. The molecule has 33 heavy (non-hydrogen) atoms. The maximum Gasteiger partial charge on any atom is 0.326 e. The summed E-state index contributed by atoms with van der Waals surface area (Å²) in [6, 6.07) is -7.57. The van der Waals surface area contributed by atoms with Gasteiger partial charge in [0.15, 0.2) is 0 Å². The zero-order chi connectivity index (χ0) is 25.9. The number of hydrogen-bond acceptors (Lipinski definition) is 9. The van der Waals surface area contributed by atoms with Crippen molar-refractivity contribution in [2.75, 3.05) is 0 Å². The Labute approximate surface area is 183 Å². The van der Waals surface area contributed by atoms with E-state index in [0.29, 0.717) is 0 Å². The topological polar surface area (TPSA) is 300 Å². The molecule has 0 saturated heterocycles. The average molecular weight is 478 g/mol. The van der Waals surface area contributed by atoms with Crippen LogP contribution in [0.25, 0.3) is 0 Å². The summed E-state index contributed by atoms with van der Waals surface area (Å²) in [5.41, 5.74) is 5.32. The predicted molar refractivity (Wildman–Crippen MR) is 100 cm³/mol. The molecule has 3 amide bonds. The molecule has 0 rings (SSSR count). The molecule has 0 aromatic carbocycles. The molecule has 4 atom stereocenters. The van der Waals surface area contributed by atoms with Gasteiger partial charge in [0.05, 0.1) is 31.7 Å². The third kappa shape index (κ3) is 11.6. The fourth-order valence-electron chi connectivity index (χ4n) is 2.25. The minimum atomic E-state index is -1.99. The molecule has 0 spiro atoms. The second-order valence-corrected chi connectivity index (χ2v) is 6.52. The van der Waals surface area contributed by atoms with E-state index in [2.05, 4.69) is 0 Å². The lowest BCUT2D eigenvalue weighted by Gasteiger charge is -2.23. The van der Waals surface area contributed by atoms with Crippen LogP contribution in [-0.2, 0) is 38.4 Å². The van der Waals surface area contributed by atoms with Crippen LogP contribution in [0.5, 0.6) is 0 Å². The van der Waals surface area contributed by atoms with Gasteiger partial charge in [-0.05, 0) is 0 Å². The Hall–Kier alpha value is -4.28. The lowest BCUT2D eigenvalue weighted by Crippen LogP contribution is -2.58. The SMILES string of the molecule is N[C@H](CC(=O)O)C(=O)N[C@H](CC(=O)O)C(=O)N[C@@H](CC(=O)O)C(=O)N[C@H](CC(=O)O)C(=O)O. The largest absolute Gasteiger partial charge is 0.481 e. The first kappa shape index (κ1) is 28.7. The van der Waals surface area contributed by atoms with Crippen molar-refractivity contribution in [1.82, 2.24) is 16.0 Å². The zero-order valence-electron chi connectivity index (χ0n) is 16.7. The minimum Gasteiger partial charge on any atom is -0.481 e. The first-order valence-corrected chi connectivity index (χ1v) is 8.90. The maximum atomic E-state index is 12.4. The maximum absolute atomic E-state index is 12.4. The summed E-state index contributed by atoms with van der Waals surface area (Å²) in [5, 5.41) is 49.6. The Morgan fingerprint density at radius 2 is 0.818 bits per heavy atom. The molecule has 17 heteroatoms. The highest BCUT2D eigenvalue weighted by molar-refractivity contribution is 5.97. The third-order valence-corrected chi connectivity index (χ3v) is 3.75. The molecular formula is C16H22N4O13. The van der Waals surface area contributed by atoms with Crippen molar-refractivity contribution in [2.45, 2.75) is 49.9 Å². The normalized spacial score (nSPS) is 14.0. The van der Waals surface area contributed by atoms with Crippen molar-refractivity contribution >= 4 is 47.6 Å². The zero-order valence-corrected chi connectivity index (χ0v) is 16.7. The van der Waals surface area contributed by atoms with Crippen molar-refractivity contribution < 1.29 is 63.9 Å². The van der Waals surface area contributed by atoms with Crippen LogP contribution in [0.15, 0.2) is 0 Å². The van der Waals surface area contributed by atoms with Gasteiger partial charge in [-0.3, -0.25) is 33.6 Å². The van der Waals surface area contributed by atoms with Crippen LogP contribution in [0, 0.1) is 0 Å². The molecule has 0 unspecified atom stereocenters. The predicted octanol–water partition coefficient (Wildman–Crippen LogP) is -4.25. The highest BCUT2D eigenvalue weighted by atomic mass is 16.4. The van der Waals surface area contributed by atoms with Gasteiger partial charge in [-0.1, -0.05) is 0 Å². The van der Waals surface area contributed by atoms with Crippen LogP contribution < -0.4 is 21.7 Å². The van der Waals surface area contributed by atoms with Crippen LogP contribution in [0.4, 0.5) is 0 Å². The van der Waals surface area contributed by atoms with E-state index in [-0.39, 0.29) is 0 Å². The number of carboxylic acid groups (broad SMARTS) is 5. The Bertz CT molecular complexity index is 827. The van der Waals surface area contributed by atoms with E-state index in [0.717, 1.165) is 0 Å². The number of nitrogens with one attached hydrogen (secondary N) is 3. The summed E-state index contributed by atoms with van der Waals surface area (Å²) in [4.78, 5) is 91.1. The molecule has 184 valence electrons. The van der Waals surface area contributed by atoms with Crippen LogP contribution in [-0.4, -0.2) is 97.3 Å². The molecular weight excluding hydrogens is 456 g/mol. The van der Waals surface area contributed by atoms with E-state index in [9.17, 15) is 38.4 Å². The van der Waals surface area contributed by atoms with Crippen LogP contribution >= 0.6 is 0 Å². The fraction of sp³-hybridized carbons (Fsp3) is 0.500. The van der Waals surface area contributed by atoms with E-state index in [1.54, 1.807) is 5.32 Å². The number of carbonyl (C=O) groups is 8. The Balaban J connectivity index is 5.58. The van der Waals surface area contributed by atoms with E-state index < -0.39 is 97.4 Å². The van der Waals surface area contributed by atoms with Gasteiger partial charge in [-0.25, -0.2) is 4.79 Å². The highest BCUT2D eigenvalue weighted by Gasteiger charge is 2.33. The number of amides is 3. The molecule has 0 aliphatic carbocycles. The summed E-state index contributed by atoms with van der Waals surface area (Å²) in [5.74, 6) is -12.1. The minimum absolute atomic E-state index is 0.864. The van der Waals surface area contributed by atoms with Crippen LogP contribution in [0.2, 0.25) is 0 Å². The van der Waals surface area contributed by atoms with Gasteiger partial charge < -0.3 is 47.2 Å². The van der Waals surface area contributed by atoms with Crippen molar-refractivity contribution in [2.24, 2.45) is 5.73 Å². The molecule has 0 heterocycles. The summed E-state index contributed by atoms with van der Waals surface area (Å²) in [6.07, 6.45) is -4.13. The second-order valence-electron chi connectivity index (χ2n) is 6.52. The molecule has 0 bridgehead atoms. The standard InChI is InChI=1S/C16H22N4O13/c17-5(1-9(21)22)13(29)18-6(2-10(23)24)14(30)19-7(3-11(25)26)15(31)20-8(16(32)33)4-12(27)28/h5-8H,1-4,17H2,(H,18,29)(H,19,30)(H,20,31)(H,21,22)(H,23,24)(H,25,26)(H,27,28)(H,32,33)/t5-,6-,7+,8-/m1/s1. The summed E-state index contributed by atoms with van der Waals surface area (Å²) in [6.45, 7) is 0. The van der Waals surface area contributed by atoms with Gasteiger partial charge in [0.2, 0.25) is 17.7 Å². The molecule has 0 saturated carbocycles. The summed E-state index contributed by atoms with van der Waals surface area (Å²) >= 11 is 0. The van der Waals surface area contributed by atoms with Crippen molar-refractivity contribution in [3.63, 3.8) is 0 Å². The number of carbonyl (C=O) groups excluding carboxylic acids is 3. The Kier molecular flexibility index (Phi) is 11.5. The van der Waals surface area contributed by atoms with Crippen LogP contribution in [0.3, 0.4) is 0 Å². The van der Waals surface area contributed by atoms with E-state index >= 15 is 0 Å². The summed E-state index contributed by atoms with van der Waals surface area (Å²) in [7, 11) is 0. The lowest BCUT2D eigenvalue weighted by molar-refractivity contribution is -0.148. The van der Waals surface area contributed by atoms with Gasteiger partial charge >= 0.3 is 29.8 Å². The molecule has 10 N–H and O–H groups in total. The van der Waals surface area contributed by atoms with Gasteiger partial charge in [0, 0.05) is 0 Å². The van der Waals surface area contributed by atoms with E-state index in [1.165, 1.54) is 0 Å². The van der Waals surface area contributed by atoms with Gasteiger partial charge in [0.25, 0.3) is 0 Å². The number of nitrogens with two attached hydrogens (primary N) is 1. The average Bonchev–Trinajstić information content (AvgIpc) is 2.64. The second kappa shape index (κ2) is 13.2. The number of aliphatic carboxylic acids is 5. The van der Waals surface area contributed by atoms with Crippen molar-refractivity contribution in [3.05, 3.63) is 0 Å². The molecule has 0 radical (unpaired) electrons. The molecule has 0 fully saturated rings. The van der Waals surface area contributed by atoms with E-state index in [1.807, 2.05) is 10.6 Å². The Morgan fingerprint density at radius 1 is 0.515 bits per heavy atom. The van der Waals surface area contributed by atoms with Gasteiger partial charge in [0.1, 0.15) is 18.1 Å². The molecule has 0 aliphatic rings. The first-order valence-electron chi connectivity index (χ1n) is 8.90. The number of rotatable bonds is 15. The molecule has 0 aromatic heterocycles. The molecule has 0 aliphatic heterocycles. The monoisotopic (exact) mass is 478 g/mol. The summed E-state index contributed by atoms with van der Waals surface area (Å²) < 4.78 is 0. The quantitative estimate of drug-likeness (QED) is 0.108. The van der Waals surface area contributed by atoms with Crippen LogP contribution in [0.1, 0.15) is 25.7 Å². The van der Waals surface area contributed by atoms with Gasteiger partial charge in [-0.2, -0.15) is 0 Å². The molecule has 17 nitrogen and oxygen atoms in total. The lowest BCUT2D eigenvalue weighted by atomic mass is 10.1. The van der Waals surface area contributed by atoms with E-state index in [4.69, 9.17) is 31.3 Å². The van der Waals surface area contributed by atoms with Gasteiger partial charge in [-0.15, -0.1) is 0 Å². The molecule has 0 aromatic rings. The van der Waals surface area contributed by atoms with Crippen molar-refractivity contribution in [3.8, 4) is 0 Å². The van der Waals surface area contributed by atoms with Crippen molar-refractivity contribution in [1.29, 1.82) is 0 Å². The third-order valence-electron chi connectivity index (χ3n) is 3.75. The number of carboxylic acids is 5. The number of hydrogen-bond donors (Lipinski definition) is 9. The smallest absolute Gasteiger partial charge is 0.326 e.